The van der Waals surface area contributed by atoms with Crippen molar-refractivity contribution in [1.29, 1.82) is 5.41 Å². The van der Waals surface area contributed by atoms with E-state index in [4.69, 9.17) is 5.41 Å². The summed E-state index contributed by atoms with van der Waals surface area (Å²) in [6, 6.07) is 4.35. The van der Waals surface area contributed by atoms with Crippen LogP contribution >= 0.6 is 0 Å². The number of unbranched alkanes of at least 4 members (excludes halogenated alkanes) is 1. The first-order valence-electron chi connectivity index (χ1n) is 6.84. The van der Waals surface area contributed by atoms with E-state index in [9.17, 15) is 0 Å². The van der Waals surface area contributed by atoms with Gasteiger partial charge in [0.05, 0.1) is 0 Å². The molecule has 0 saturated heterocycles. The fourth-order valence-electron chi connectivity index (χ4n) is 2.41. The van der Waals surface area contributed by atoms with Crippen LogP contribution < -0.4 is 0 Å². The Labute approximate surface area is 106 Å². The largest absolute Gasteiger partial charge is 0.305 e. The number of aryl methyl sites for hydroxylation is 1. The van der Waals surface area contributed by atoms with Gasteiger partial charge < -0.3 is 5.41 Å². The molecule has 0 aromatic heterocycles. The van der Waals surface area contributed by atoms with Crippen molar-refractivity contribution in [2.45, 2.75) is 59.8 Å². The summed E-state index contributed by atoms with van der Waals surface area (Å²) in [5, 5.41) is 8.20. The zero-order chi connectivity index (χ0) is 12.8. The molecule has 0 bridgehead atoms. The van der Waals surface area contributed by atoms with Crippen LogP contribution in [0.3, 0.4) is 0 Å². The summed E-state index contributed by atoms with van der Waals surface area (Å²) in [5.74, 6) is 0. The van der Waals surface area contributed by atoms with Gasteiger partial charge in [0, 0.05) is 5.71 Å². The fraction of sp³-hybridized carbons (Fsp3) is 0.562. The van der Waals surface area contributed by atoms with Crippen LogP contribution in [0, 0.1) is 12.3 Å². The van der Waals surface area contributed by atoms with E-state index in [1.54, 1.807) is 0 Å². The molecule has 0 radical (unpaired) electrons. The lowest BCUT2D eigenvalue weighted by Gasteiger charge is -2.15. The van der Waals surface area contributed by atoms with E-state index in [1.165, 1.54) is 22.3 Å². The molecule has 0 unspecified atom stereocenters. The van der Waals surface area contributed by atoms with Gasteiger partial charge in [-0.15, -0.1) is 0 Å². The highest BCUT2D eigenvalue weighted by Crippen LogP contribution is 2.21. The van der Waals surface area contributed by atoms with Gasteiger partial charge in [-0.25, -0.2) is 0 Å². The number of benzene rings is 1. The Hall–Kier alpha value is -1.11. The molecule has 17 heavy (non-hydrogen) atoms. The van der Waals surface area contributed by atoms with E-state index in [0.717, 1.165) is 37.8 Å². The predicted molar refractivity (Wildman–Crippen MR) is 76.3 cm³/mol. The summed E-state index contributed by atoms with van der Waals surface area (Å²) in [7, 11) is 0. The van der Waals surface area contributed by atoms with Crippen LogP contribution in [0.1, 0.15) is 62.3 Å². The quantitative estimate of drug-likeness (QED) is 0.687. The predicted octanol–water partition coefficient (Wildman–Crippen LogP) is 4.68. The first-order chi connectivity index (χ1) is 8.15. The molecule has 1 nitrogen and oxygen atoms in total. The van der Waals surface area contributed by atoms with Crippen LogP contribution in [0.5, 0.6) is 0 Å². The van der Waals surface area contributed by atoms with E-state index in [0.29, 0.717) is 0 Å². The average Bonchev–Trinajstić information content (AvgIpc) is 2.35. The Morgan fingerprint density at radius 1 is 1.12 bits per heavy atom. The molecule has 0 atom stereocenters. The van der Waals surface area contributed by atoms with E-state index < -0.39 is 0 Å². The lowest BCUT2D eigenvalue weighted by atomic mass is 9.90. The summed E-state index contributed by atoms with van der Waals surface area (Å²) < 4.78 is 0. The van der Waals surface area contributed by atoms with Crippen molar-refractivity contribution in [3.8, 4) is 0 Å². The van der Waals surface area contributed by atoms with Crippen molar-refractivity contribution >= 4 is 5.71 Å². The summed E-state index contributed by atoms with van der Waals surface area (Å²) in [4.78, 5) is 0. The lowest BCUT2D eigenvalue weighted by molar-refractivity contribution is 0.831. The highest BCUT2D eigenvalue weighted by Gasteiger charge is 2.11. The van der Waals surface area contributed by atoms with Gasteiger partial charge >= 0.3 is 0 Å². The topological polar surface area (TPSA) is 23.9 Å². The molecule has 1 aromatic carbocycles. The number of hydrogen-bond donors (Lipinski definition) is 1. The normalized spacial score (nSPS) is 10.6. The molecular formula is C16H25N. The summed E-state index contributed by atoms with van der Waals surface area (Å²) in [6.07, 6.45) is 5.31. The Balaban J connectivity index is 3.07. The summed E-state index contributed by atoms with van der Waals surface area (Å²) in [5.41, 5.74) is 6.19. The Morgan fingerprint density at radius 2 is 1.82 bits per heavy atom. The molecule has 0 saturated carbocycles. The highest BCUT2D eigenvalue weighted by atomic mass is 14.4. The van der Waals surface area contributed by atoms with E-state index in [1.807, 2.05) is 0 Å². The van der Waals surface area contributed by atoms with Gasteiger partial charge in [0.15, 0.2) is 0 Å². The Bertz CT molecular complexity index is 391. The molecule has 0 fully saturated rings. The second-order valence-corrected chi connectivity index (χ2v) is 4.67. The van der Waals surface area contributed by atoms with Crippen molar-refractivity contribution < 1.29 is 0 Å². The van der Waals surface area contributed by atoms with Crippen molar-refractivity contribution in [2.24, 2.45) is 0 Å². The highest BCUT2D eigenvalue weighted by molar-refractivity contribution is 5.99. The maximum atomic E-state index is 8.20. The van der Waals surface area contributed by atoms with Gasteiger partial charge in [-0.1, -0.05) is 39.3 Å². The Kier molecular flexibility index (Phi) is 5.40. The molecule has 0 spiro atoms. The van der Waals surface area contributed by atoms with Gasteiger partial charge in [0.2, 0.25) is 0 Å². The van der Waals surface area contributed by atoms with Crippen molar-refractivity contribution in [3.63, 3.8) is 0 Å². The van der Waals surface area contributed by atoms with Gasteiger partial charge in [0.1, 0.15) is 0 Å². The second-order valence-electron chi connectivity index (χ2n) is 4.67. The van der Waals surface area contributed by atoms with Gasteiger partial charge in [-0.3, -0.25) is 0 Å². The van der Waals surface area contributed by atoms with Crippen LogP contribution in [-0.4, -0.2) is 5.71 Å². The monoisotopic (exact) mass is 231 g/mol. The number of rotatable bonds is 6. The first kappa shape index (κ1) is 14.0. The zero-order valence-electron chi connectivity index (χ0n) is 11.7. The molecule has 1 aromatic rings. The van der Waals surface area contributed by atoms with Crippen molar-refractivity contribution in [2.75, 3.05) is 0 Å². The molecule has 1 N–H and O–H groups in total. The molecule has 0 aliphatic rings. The third-order valence-corrected chi connectivity index (χ3v) is 3.55. The van der Waals surface area contributed by atoms with Crippen molar-refractivity contribution in [1.82, 2.24) is 0 Å². The lowest BCUT2D eigenvalue weighted by Crippen LogP contribution is -2.07. The average molecular weight is 231 g/mol. The minimum atomic E-state index is 0.814. The molecule has 0 aliphatic heterocycles. The third kappa shape index (κ3) is 3.18. The van der Waals surface area contributed by atoms with Crippen LogP contribution in [-0.2, 0) is 12.8 Å². The fourth-order valence-corrected chi connectivity index (χ4v) is 2.41. The smallest absolute Gasteiger partial charge is 0.0389 e. The van der Waals surface area contributed by atoms with Crippen LogP contribution in [0.4, 0.5) is 0 Å². The summed E-state index contributed by atoms with van der Waals surface area (Å²) >= 11 is 0. The minimum Gasteiger partial charge on any atom is -0.305 e. The van der Waals surface area contributed by atoms with Gasteiger partial charge in [-0.2, -0.15) is 0 Å². The van der Waals surface area contributed by atoms with Gasteiger partial charge in [0.25, 0.3) is 0 Å². The van der Waals surface area contributed by atoms with Gasteiger partial charge in [-0.05, 0) is 54.9 Å². The van der Waals surface area contributed by atoms with E-state index in [-0.39, 0.29) is 0 Å². The summed E-state index contributed by atoms with van der Waals surface area (Å²) in [6.45, 7) is 8.77. The van der Waals surface area contributed by atoms with E-state index in [2.05, 4.69) is 39.8 Å². The maximum absolute atomic E-state index is 8.20. The van der Waals surface area contributed by atoms with Crippen LogP contribution in [0.2, 0.25) is 0 Å². The molecule has 94 valence electrons. The molecular weight excluding hydrogens is 206 g/mol. The standard InChI is InChI=1S/C16H25N/c1-5-8-9-16(17)15-11-10-13(6-2)12(4)14(15)7-3/h10-11,17H,5-9H2,1-4H3. The number of hydrogen-bond acceptors (Lipinski definition) is 1. The van der Waals surface area contributed by atoms with Crippen LogP contribution in [0.25, 0.3) is 0 Å². The molecule has 0 heterocycles. The molecule has 0 aliphatic carbocycles. The second kappa shape index (κ2) is 6.58. The SMILES string of the molecule is CCCCC(=N)c1ccc(CC)c(C)c1CC. The van der Waals surface area contributed by atoms with E-state index >= 15 is 0 Å². The van der Waals surface area contributed by atoms with Crippen LogP contribution in [0.15, 0.2) is 12.1 Å². The zero-order valence-corrected chi connectivity index (χ0v) is 11.7. The number of nitrogens with one attached hydrogen (secondary N) is 1. The maximum Gasteiger partial charge on any atom is 0.0389 e. The molecule has 1 rings (SSSR count). The third-order valence-electron chi connectivity index (χ3n) is 3.55. The minimum absolute atomic E-state index is 0.814. The molecule has 0 amide bonds. The molecule has 1 heteroatoms. The van der Waals surface area contributed by atoms with Crippen molar-refractivity contribution in [3.05, 3.63) is 34.4 Å². The first-order valence-corrected chi connectivity index (χ1v) is 6.84. The Morgan fingerprint density at radius 3 is 2.35 bits per heavy atom.